The van der Waals surface area contributed by atoms with Gasteiger partial charge in [0.15, 0.2) is 0 Å². The Kier molecular flexibility index (Phi) is 3.99. The standard InChI is InChI=1S/C14H18N2O2/c1-10-12(9-15-8-4-7-14(17)18)11-5-2-3-6-13(11)16-10/h2-3,5-6,15-16H,4,7-9H2,1H3,(H,17,18). The van der Waals surface area contributed by atoms with Gasteiger partial charge in [0.25, 0.3) is 0 Å². The highest BCUT2D eigenvalue weighted by Gasteiger charge is 2.06. The third-order valence-electron chi connectivity index (χ3n) is 3.07. The Labute approximate surface area is 106 Å². The molecule has 18 heavy (non-hydrogen) atoms. The van der Waals surface area contributed by atoms with E-state index in [4.69, 9.17) is 5.11 Å². The van der Waals surface area contributed by atoms with Crippen molar-refractivity contribution in [3.05, 3.63) is 35.5 Å². The fourth-order valence-corrected chi connectivity index (χ4v) is 2.14. The zero-order valence-electron chi connectivity index (χ0n) is 10.5. The van der Waals surface area contributed by atoms with Crippen molar-refractivity contribution in [2.24, 2.45) is 0 Å². The van der Waals surface area contributed by atoms with E-state index >= 15 is 0 Å². The van der Waals surface area contributed by atoms with Crippen LogP contribution >= 0.6 is 0 Å². The van der Waals surface area contributed by atoms with Crippen molar-refractivity contribution in [1.82, 2.24) is 10.3 Å². The number of aliphatic carboxylic acids is 1. The van der Waals surface area contributed by atoms with Crippen molar-refractivity contribution < 1.29 is 9.90 Å². The molecule has 2 rings (SSSR count). The van der Waals surface area contributed by atoms with E-state index in [2.05, 4.69) is 29.4 Å². The number of carboxylic acid groups (broad SMARTS) is 1. The summed E-state index contributed by atoms with van der Waals surface area (Å²) in [6.07, 6.45) is 0.886. The zero-order valence-corrected chi connectivity index (χ0v) is 10.5. The molecule has 0 aliphatic carbocycles. The molecule has 0 saturated heterocycles. The summed E-state index contributed by atoms with van der Waals surface area (Å²) >= 11 is 0. The van der Waals surface area contributed by atoms with Crippen LogP contribution in [0.1, 0.15) is 24.1 Å². The largest absolute Gasteiger partial charge is 0.481 e. The molecule has 2 aromatic rings. The van der Waals surface area contributed by atoms with Gasteiger partial charge in [0.05, 0.1) is 0 Å². The van der Waals surface area contributed by atoms with Gasteiger partial charge in [-0.3, -0.25) is 4.79 Å². The fourth-order valence-electron chi connectivity index (χ4n) is 2.14. The Morgan fingerprint density at radius 2 is 2.17 bits per heavy atom. The minimum absolute atomic E-state index is 0.222. The molecule has 1 aromatic heterocycles. The van der Waals surface area contributed by atoms with E-state index in [1.54, 1.807) is 0 Å². The molecule has 3 N–H and O–H groups in total. The molecule has 0 spiro atoms. The minimum Gasteiger partial charge on any atom is -0.481 e. The Morgan fingerprint density at radius 3 is 2.94 bits per heavy atom. The lowest BCUT2D eigenvalue weighted by Crippen LogP contribution is -2.16. The van der Waals surface area contributed by atoms with Crippen molar-refractivity contribution in [2.75, 3.05) is 6.54 Å². The molecule has 0 bridgehead atoms. The summed E-state index contributed by atoms with van der Waals surface area (Å²) in [6, 6.07) is 8.22. The fraction of sp³-hybridized carbons (Fsp3) is 0.357. The molecule has 0 unspecified atom stereocenters. The van der Waals surface area contributed by atoms with E-state index in [1.165, 1.54) is 16.6 Å². The zero-order chi connectivity index (χ0) is 13.0. The first-order chi connectivity index (χ1) is 8.68. The van der Waals surface area contributed by atoms with E-state index in [-0.39, 0.29) is 6.42 Å². The van der Waals surface area contributed by atoms with E-state index in [0.29, 0.717) is 6.42 Å². The summed E-state index contributed by atoms with van der Waals surface area (Å²) in [7, 11) is 0. The Bertz CT molecular complexity index is 546. The molecule has 4 heteroatoms. The van der Waals surface area contributed by atoms with Crippen molar-refractivity contribution in [3.63, 3.8) is 0 Å². The average Bonchev–Trinajstić information content (AvgIpc) is 2.65. The van der Waals surface area contributed by atoms with Gasteiger partial charge in [-0.25, -0.2) is 0 Å². The number of nitrogens with one attached hydrogen (secondary N) is 2. The molecule has 0 radical (unpaired) electrons. The number of hydrogen-bond donors (Lipinski definition) is 3. The van der Waals surface area contributed by atoms with Crippen LogP contribution < -0.4 is 5.32 Å². The number of benzene rings is 1. The summed E-state index contributed by atoms with van der Waals surface area (Å²) in [5, 5.41) is 13.1. The van der Waals surface area contributed by atoms with Gasteiger partial charge >= 0.3 is 5.97 Å². The molecule has 0 atom stereocenters. The summed E-state index contributed by atoms with van der Waals surface area (Å²) in [4.78, 5) is 13.7. The minimum atomic E-state index is -0.736. The van der Waals surface area contributed by atoms with Crippen LogP contribution in [0.4, 0.5) is 0 Å². The SMILES string of the molecule is Cc1[nH]c2ccccc2c1CNCCCC(=O)O. The summed E-state index contributed by atoms with van der Waals surface area (Å²) in [6.45, 7) is 3.56. The number of hydrogen-bond acceptors (Lipinski definition) is 2. The van der Waals surface area contributed by atoms with E-state index < -0.39 is 5.97 Å². The summed E-state index contributed by atoms with van der Waals surface area (Å²) < 4.78 is 0. The van der Waals surface area contributed by atoms with Crippen LogP contribution in [0.2, 0.25) is 0 Å². The molecule has 0 fully saturated rings. The van der Waals surface area contributed by atoms with Gasteiger partial charge in [0.2, 0.25) is 0 Å². The van der Waals surface area contributed by atoms with Crippen LogP contribution in [0.15, 0.2) is 24.3 Å². The molecule has 0 amide bonds. The molecule has 0 aliphatic heterocycles. The predicted molar refractivity (Wildman–Crippen MR) is 71.6 cm³/mol. The maximum absolute atomic E-state index is 10.4. The van der Waals surface area contributed by atoms with Crippen molar-refractivity contribution >= 4 is 16.9 Å². The number of aryl methyl sites for hydroxylation is 1. The number of aromatic amines is 1. The van der Waals surface area contributed by atoms with Crippen LogP contribution in [0.5, 0.6) is 0 Å². The lowest BCUT2D eigenvalue weighted by molar-refractivity contribution is -0.137. The Balaban J connectivity index is 1.95. The molecular formula is C14H18N2O2. The average molecular weight is 246 g/mol. The second-order valence-corrected chi connectivity index (χ2v) is 4.45. The third kappa shape index (κ3) is 2.90. The van der Waals surface area contributed by atoms with Gasteiger partial charge in [-0.05, 0) is 31.5 Å². The highest BCUT2D eigenvalue weighted by Crippen LogP contribution is 2.21. The number of para-hydroxylation sites is 1. The Hall–Kier alpha value is -1.81. The van der Waals surface area contributed by atoms with Gasteiger partial charge in [-0.1, -0.05) is 18.2 Å². The van der Waals surface area contributed by atoms with Crippen molar-refractivity contribution in [1.29, 1.82) is 0 Å². The predicted octanol–water partition coefficient (Wildman–Crippen LogP) is 2.43. The highest BCUT2D eigenvalue weighted by molar-refractivity contribution is 5.84. The van der Waals surface area contributed by atoms with Crippen LogP contribution in [-0.2, 0) is 11.3 Å². The van der Waals surface area contributed by atoms with Crippen LogP contribution in [0.3, 0.4) is 0 Å². The van der Waals surface area contributed by atoms with Crippen LogP contribution in [0.25, 0.3) is 10.9 Å². The van der Waals surface area contributed by atoms with E-state index in [9.17, 15) is 4.79 Å². The number of carboxylic acids is 1. The quantitative estimate of drug-likeness (QED) is 0.686. The van der Waals surface area contributed by atoms with Gasteiger partial charge in [0, 0.05) is 29.6 Å². The molecule has 4 nitrogen and oxygen atoms in total. The second-order valence-electron chi connectivity index (χ2n) is 4.45. The molecule has 0 saturated carbocycles. The first kappa shape index (κ1) is 12.6. The lowest BCUT2D eigenvalue weighted by Gasteiger charge is -2.04. The van der Waals surface area contributed by atoms with E-state index in [0.717, 1.165) is 18.6 Å². The van der Waals surface area contributed by atoms with Crippen LogP contribution in [-0.4, -0.2) is 22.6 Å². The summed E-state index contributed by atoms with van der Waals surface area (Å²) in [5.41, 5.74) is 3.58. The van der Waals surface area contributed by atoms with Crippen LogP contribution in [0, 0.1) is 6.92 Å². The highest BCUT2D eigenvalue weighted by atomic mass is 16.4. The van der Waals surface area contributed by atoms with Gasteiger partial charge < -0.3 is 15.4 Å². The first-order valence-corrected chi connectivity index (χ1v) is 6.17. The molecule has 1 heterocycles. The molecule has 1 aromatic carbocycles. The smallest absolute Gasteiger partial charge is 0.303 e. The maximum Gasteiger partial charge on any atom is 0.303 e. The first-order valence-electron chi connectivity index (χ1n) is 6.17. The van der Waals surface area contributed by atoms with Gasteiger partial charge in [-0.15, -0.1) is 0 Å². The van der Waals surface area contributed by atoms with Gasteiger partial charge in [-0.2, -0.15) is 0 Å². The van der Waals surface area contributed by atoms with Crippen molar-refractivity contribution in [2.45, 2.75) is 26.3 Å². The van der Waals surface area contributed by atoms with Gasteiger partial charge in [0.1, 0.15) is 0 Å². The Morgan fingerprint density at radius 1 is 1.39 bits per heavy atom. The second kappa shape index (κ2) is 5.69. The number of H-pyrrole nitrogens is 1. The third-order valence-corrected chi connectivity index (χ3v) is 3.07. The monoisotopic (exact) mass is 246 g/mol. The normalized spacial score (nSPS) is 10.9. The van der Waals surface area contributed by atoms with Crippen molar-refractivity contribution in [3.8, 4) is 0 Å². The molecule has 0 aliphatic rings. The lowest BCUT2D eigenvalue weighted by atomic mass is 10.1. The maximum atomic E-state index is 10.4. The van der Waals surface area contributed by atoms with E-state index in [1.807, 2.05) is 12.1 Å². The number of carbonyl (C=O) groups is 1. The topological polar surface area (TPSA) is 65.1 Å². The number of aromatic nitrogens is 1. The number of fused-ring (bicyclic) bond motifs is 1. The molecular weight excluding hydrogens is 228 g/mol. The molecule has 96 valence electrons. The summed E-state index contributed by atoms with van der Waals surface area (Å²) in [5.74, 6) is -0.736. The number of rotatable bonds is 6.